The maximum atomic E-state index is 11.4. The molecule has 0 heterocycles. The minimum absolute atomic E-state index is 0.0624. The molecule has 0 bridgehead atoms. The molecule has 1 atom stereocenters. The van der Waals surface area contributed by atoms with E-state index >= 15 is 0 Å². The highest BCUT2D eigenvalue weighted by atomic mass is 32.2. The summed E-state index contributed by atoms with van der Waals surface area (Å²) < 4.78 is 22.8. The summed E-state index contributed by atoms with van der Waals surface area (Å²) in [5.74, 6) is 0.379. The minimum Gasteiger partial charge on any atom is -0.382 e. The van der Waals surface area contributed by atoms with Crippen molar-refractivity contribution < 1.29 is 8.42 Å². The summed E-state index contributed by atoms with van der Waals surface area (Å²) in [7, 11) is -2.91. The molecule has 0 saturated carbocycles. The van der Waals surface area contributed by atoms with Gasteiger partial charge in [0, 0.05) is 17.5 Å². The smallest absolute Gasteiger partial charge is 0.152 e. The highest BCUT2D eigenvalue weighted by molar-refractivity contribution is 7.91. The van der Waals surface area contributed by atoms with E-state index in [9.17, 15) is 8.42 Å². The van der Waals surface area contributed by atoms with Crippen molar-refractivity contribution in [2.24, 2.45) is 0 Å². The van der Waals surface area contributed by atoms with E-state index in [1.807, 2.05) is 38.1 Å². The van der Waals surface area contributed by atoms with Gasteiger partial charge in [0.25, 0.3) is 0 Å². The first kappa shape index (κ1) is 13.0. The van der Waals surface area contributed by atoms with E-state index in [2.05, 4.69) is 5.32 Å². The maximum absolute atomic E-state index is 11.4. The molecule has 3 nitrogen and oxygen atoms in total. The second kappa shape index (κ2) is 5.34. The average Bonchev–Trinajstić information content (AvgIpc) is 2.21. The van der Waals surface area contributed by atoms with Crippen molar-refractivity contribution in [1.82, 2.24) is 0 Å². The van der Waals surface area contributed by atoms with Gasteiger partial charge >= 0.3 is 0 Å². The zero-order valence-corrected chi connectivity index (χ0v) is 10.8. The van der Waals surface area contributed by atoms with Gasteiger partial charge in [-0.2, -0.15) is 0 Å². The SMILES string of the molecule is CCS(=O)(=O)CC(C)Nc1ccc(C)cc1. The normalized spacial score (nSPS) is 13.4. The molecule has 0 saturated heterocycles. The number of rotatable bonds is 5. The highest BCUT2D eigenvalue weighted by Crippen LogP contribution is 2.10. The standard InChI is InChI=1S/C12H19NO2S/c1-4-16(14,15)9-11(3)13-12-7-5-10(2)6-8-12/h5-8,11,13H,4,9H2,1-3H3. The first-order valence-corrected chi connectivity index (χ1v) is 7.28. The van der Waals surface area contributed by atoms with Gasteiger partial charge in [0.15, 0.2) is 9.84 Å². The van der Waals surface area contributed by atoms with Crippen LogP contribution in [0, 0.1) is 6.92 Å². The van der Waals surface area contributed by atoms with Gasteiger partial charge in [-0.1, -0.05) is 24.6 Å². The lowest BCUT2D eigenvalue weighted by Crippen LogP contribution is -2.26. The van der Waals surface area contributed by atoms with Gasteiger partial charge in [-0.15, -0.1) is 0 Å². The van der Waals surface area contributed by atoms with Crippen molar-refractivity contribution >= 4 is 15.5 Å². The van der Waals surface area contributed by atoms with Crippen LogP contribution in [-0.2, 0) is 9.84 Å². The predicted octanol–water partition coefficient (Wildman–Crippen LogP) is 2.23. The summed E-state index contributed by atoms with van der Waals surface area (Å²) >= 11 is 0. The van der Waals surface area contributed by atoms with Crippen molar-refractivity contribution in [3.8, 4) is 0 Å². The summed E-state index contributed by atoms with van der Waals surface area (Å²) in [6.45, 7) is 5.58. The maximum Gasteiger partial charge on any atom is 0.152 e. The molecule has 1 aromatic carbocycles. The Hall–Kier alpha value is -1.03. The molecule has 0 aliphatic carbocycles. The molecule has 0 fully saturated rings. The molecule has 90 valence electrons. The Labute approximate surface area is 97.8 Å². The summed E-state index contributed by atoms with van der Waals surface area (Å²) in [5, 5.41) is 3.18. The number of hydrogen-bond donors (Lipinski definition) is 1. The summed E-state index contributed by atoms with van der Waals surface area (Å²) in [6, 6.07) is 7.87. The molecule has 0 spiro atoms. The largest absolute Gasteiger partial charge is 0.382 e. The van der Waals surface area contributed by atoms with Gasteiger partial charge in [0.05, 0.1) is 5.75 Å². The fraction of sp³-hybridized carbons (Fsp3) is 0.500. The third kappa shape index (κ3) is 4.23. The van der Waals surface area contributed by atoms with Crippen molar-refractivity contribution in [2.75, 3.05) is 16.8 Å². The average molecular weight is 241 g/mol. The van der Waals surface area contributed by atoms with Gasteiger partial charge < -0.3 is 5.32 Å². The molecule has 1 rings (SSSR count). The van der Waals surface area contributed by atoms with E-state index in [0.29, 0.717) is 0 Å². The van der Waals surface area contributed by atoms with Crippen molar-refractivity contribution in [3.05, 3.63) is 29.8 Å². The summed E-state index contributed by atoms with van der Waals surface area (Å²) in [6.07, 6.45) is 0. The second-order valence-corrected chi connectivity index (χ2v) is 6.51. The summed E-state index contributed by atoms with van der Waals surface area (Å²) in [4.78, 5) is 0. The van der Waals surface area contributed by atoms with E-state index in [4.69, 9.17) is 0 Å². The van der Waals surface area contributed by atoms with Crippen LogP contribution in [0.5, 0.6) is 0 Å². The van der Waals surface area contributed by atoms with Gasteiger partial charge in [-0.25, -0.2) is 8.42 Å². The predicted molar refractivity (Wildman–Crippen MR) is 68.6 cm³/mol. The first-order valence-electron chi connectivity index (χ1n) is 5.46. The Morgan fingerprint density at radius 2 is 1.81 bits per heavy atom. The van der Waals surface area contributed by atoms with E-state index in [-0.39, 0.29) is 17.5 Å². The Bertz CT molecular complexity index is 423. The molecule has 0 aromatic heterocycles. The third-order valence-corrected chi connectivity index (χ3v) is 4.30. The number of anilines is 1. The lowest BCUT2D eigenvalue weighted by Gasteiger charge is -2.15. The Kier molecular flexibility index (Phi) is 4.35. The zero-order valence-electron chi connectivity index (χ0n) is 10.0. The molecule has 16 heavy (non-hydrogen) atoms. The lowest BCUT2D eigenvalue weighted by atomic mass is 10.2. The molecule has 0 radical (unpaired) electrons. The quantitative estimate of drug-likeness (QED) is 0.860. The molecular weight excluding hydrogens is 222 g/mol. The van der Waals surface area contributed by atoms with Crippen LogP contribution in [0.4, 0.5) is 5.69 Å². The molecule has 0 amide bonds. The number of sulfone groups is 1. The third-order valence-electron chi connectivity index (χ3n) is 2.41. The van der Waals surface area contributed by atoms with Crippen LogP contribution in [0.25, 0.3) is 0 Å². The molecule has 1 unspecified atom stereocenters. The van der Waals surface area contributed by atoms with E-state index in [1.165, 1.54) is 5.56 Å². The number of benzene rings is 1. The Balaban J connectivity index is 2.58. The van der Waals surface area contributed by atoms with Gasteiger partial charge in [0.2, 0.25) is 0 Å². The number of hydrogen-bond acceptors (Lipinski definition) is 3. The molecule has 0 aliphatic rings. The lowest BCUT2D eigenvalue weighted by molar-refractivity contribution is 0.593. The van der Waals surface area contributed by atoms with E-state index in [0.717, 1.165) is 5.69 Å². The number of nitrogens with one attached hydrogen (secondary N) is 1. The van der Waals surface area contributed by atoms with Crippen molar-refractivity contribution in [3.63, 3.8) is 0 Å². The first-order chi connectivity index (χ1) is 7.43. The van der Waals surface area contributed by atoms with Crippen LogP contribution in [0.15, 0.2) is 24.3 Å². The Morgan fingerprint density at radius 3 is 2.31 bits per heavy atom. The van der Waals surface area contributed by atoms with Gasteiger partial charge in [-0.3, -0.25) is 0 Å². The molecular formula is C12H19NO2S. The van der Waals surface area contributed by atoms with Crippen LogP contribution in [0.3, 0.4) is 0 Å². The van der Waals surface area contributed by atoms with Crippen molar-refractivity contribution in [2.45, 2.75) is 26.8 Å². The highest BCUT2D eigenvalue weighted by Gasteiger charge is 2.13. The monoisotopic (exact) mass is 241 g/mol. The van der Waals surface area contributed by atoms with Crippen LogP contribution >= 0.6 is 0 Å². The van der Waals surface area contributed by atoms with Crippen LogP contribution < -0.4 is 5.32 Å². The van der Waals surface area contributed by atoms with Crippen LogP contribution in [0.1, 0.15) is 19.4 Å². The molecule has 4 heteroatoms. The number of aryl methyl sites for hydroxylation is 1. The molecule has 1 N–H and O–H groups in total. The van der Waals surface area contributed by atoms with E-state index in [1.54, 1.807) is 6.92 Å². The van der Waals surface area contributed by atoms with Crippen molar-refractivity contribution in [1.29, 1.82) is 0 Å². The topological polar surface area (TPSA) is 46.2 Å². The molecule has 1 aromatic rings. The van der Waals surface area contributed by atoms with E-state index < -0.39 is 9.84 Å². The molecule has 0 aliphatic heterocycles. The fourth-order valence-electron chi connectivity index (χ4n) is 1.47. The second-order valence-electron chi connectivity index (χ2n) is 4.11. The fourth-order valence-corrected chi connectivity index (χ4v) is 2.56. The Morgan fingerprint density at radius 1 is 1.25 bits per heavy atom. The summed E-state index contributed by atoms with van der Waals surface area (Å²) in [5.41, 5.74) is 2.16. The van der Waals surface area contributed by atoms with Gasteiger partial charge in [0.1, 0.15) is 0 Å². The zero-order chi connectivity index (χ0) is 12.2. The van der Waals surface area contributed by atoms with Crippen LogP contribution in [0.2, 0.25) is 0 Å². The minimum atomic E-state index is -2.91. The van der Waals surface area contributed by atoms with Gasteiger partial charge in [-0.05, 0) is 26.0 Å². The van der Waals surface area contributed by atoms with Crippen LogP contribution in [-0.4, -0.2) is 26.0 Å².